The number of urea groups is 1. The zero-order valence-electron chi connectivity index (χ0n) is 14.4. The van der Waals surface area contributed by atoms with Crippen LogP contribution in [0.2, 0.25) is 0 Å². The van der Waals surface area contributed by atoms with Crippen molar-refractivity contribution < 1.29 is 24.1 Å². The van der Waals surface area contributed by atoms with E-state index in [9.17, 15) is 9.59 Å². The minimum absolute atomic E-state index is 0.337. The number of aliphatic imine (C=N–C) groups is 1. The highest BCUT2D eigenvalue weighted by atomic mass is 16.5. The van der Waals surface area contributed by atoms with Crippen LogP contribution >= 0.6 is 0 Å². The predicted octanol–water partition coefficient (Wildman–Crippen LogP) is -0.0773. The quantitative estimate of drug-likeness (QED) is 0.832. The molecular formula is C17H19N4O4+. The van der Waals surface area contributed by atoms with Gasteiger partial charge in [-0.15, -0.1) is 0 Å². The molecule has 3 rings (SSSR count). The van der Waals surface area contributed by atoms with Gasteiger partial charge in [0.25, 0.3) is 11.7 Å². The number of nitrogens with zero attached hydrogens (tertiary/aromatic N) is 3. The number of nitrogens with one attached hydrogen (secondary N) is 1. The van der Waals surface area contributed by atoms with Gasteiger partial charge in [0.15, 0.2) is 5.92 Å². The molecule has 2 aliphatic heterocycles. The van der Waals surface area contributed by atoms with Gasteiger partial charge in [-0.25, -0.2) is 19.7 Å². The number of allylic oxidation sites excluding steroid dienone is 1. The zero-order valence-corrected chi connectivity index (χ0v) is 14.4. The molecule has 0 aliphatic carbocycles. The number of hydrogen-bond donors (Lipinski definition) is 1. The lowest BCUT2D eigenvalue weighted by molar-refractivity contribution is -0.382. The number of carbonyl (C=O) groups is 2. The molecule has 3 amide bonds. The molecule has 1 fully saturated rings. The summed E-state index contributed by atoms with van der Waals surface area (Å²) < 4.78 is 10.6. The van der Waals surface area contributed by atoms with Crippen LogP contribution in [0.4, 0.5) is 10.5 Å². The van der Waals surface area contributed by atoms with Gasteiger partial charge >= 0.3 is 6.03 Å². The fourth-order valence-corrected chi connectivity index (χ4v) is 2.81. The number of rotatable bonds is 3. The molecule has 2 heterocycles. The molecule has 25 heavy (non-hydrogen) atoms. The van der Waals surface area contributed by atoms with Crippen LogP contribution in [0.3, 0.4) is 0 Å². The van der Waals surface area contributed by atoms with E-state index < -0.39 is 11.9 Å². The number of methoxy groups -OCH3 is 2. The summed E-state index contributed by atoms with van der Waals surface area (Å²) in [7, 11) is 6.19. The lowest BCUT2D eigenvalue weighted by Gasteiger charge is -2.31. The third kappa shape index (κ3) is 2.75. The van der Waals surface area contributed by atoms with Gasteiger partial charge in [-0.3, -0.25) is 4.79 Å². The second-order valence-electron chi connectivity index (χ2n) is 5.61. The molecule has 1 N–H and O–H groups in total. The first-order valence-electron chi connectivity index (χ1n) is 7.63. The molecule has 8 heteroatoms. The summed E-state index contributed by atoms with van der Waals surface area (Å²) in [5.74, 6) is 0.643. The molecule has 1 unspecified atom stereocenters. The lowest BCUT2D eigenvalue weighted by atomic mass is 9.95. The average molecular weight is 343 g/mol. The second kappa shape index (κ2) is 6.39. The summed E-state index contributed by atoms with van der Waals surface area (Å²) in [4.78, 5) is 34.8. The van der Waals surface area contributed by atoms with Crippen molar-refractivity contribution in [1.29, 1.82) is 0 Å². The Kier molecular flexibility index (Phi) is 4.26. The van der Waals surface area contributed by atoms with Gasteiger partial charge in [0, 0.05) is 19.2 Å². The van der Waals surface area contributed by atoms with Crippen LogP contribution in [-0.4, -0.2) is 61.6 Å². The van der Waals surface area contributed by atoms with E-state index in [1.807, 2.05) is 0 Å². The number of amides is 3. The number of amidine groups is 1. The van der Waals surface area contributed by atoms with E-state index in [0.29, 0.717) is 28.7 Å². The van der Waals surface area contributed by atoms with E-state index >= 15 is 0 Å². The topological polar surface area (TPSA) is 85.4 Å². The van der Waals surface area contributed by atoms with Crippen molar-refractivity contribution in [1.82, 2.24) is 9.80 Å². The van der Waals surface area contributed by atoms with Gasteiger partial charge in [-0.05, 0) is 12.1 Å². The van der Waals surface area contributed by atoms with Gasteiger partial charge < -0.3 is 9.47 Å². The fourth-order valence-electron chi connectivity index (χ4n) is 2.81. The van der Waals surface area contributed by atoms with E-state index in [1.54, 1.807) is 51.7 Å². The average Bonchev–Trinajstić information content (AvgIpc) is 2.64. The molecule has 2 aliphatic rings. The van der Waals surface area contributed by atoms with Crippen LogP contribution in [0.5, 0.6) is 11.5 Å². The smallest absolute Gasteiger partial charge is 0.417 e. The predicted molar refractivity (Wildman–Crippen MR) is 91.2 cm³/mol. The Balaban J connectivity index is 2.08. The fraction of sp³-hybridized carbons (Fsp3) is 0.294. The normalized spacial score (nSPS) is 21.4. The molecule has 1 atom stereocenters. The maximum absolute atomic E-state index is 12.6. The summed E-state index contributed by atoms with van der Waals surface area (Å²) >= 11 is 0. The van der Waals surface area contributed by atoms with Crippen LogP contribution in [0, 0.1) is 5.92 Å². The number of benzene rings is 1. The number of fused-ring (bicyclic) bond motifs is 1. The number of hydrogen-bond acceptors (Lipinski definition) is 5. The van der Waals surface area contributed by atoms with Crippen molar-refractivity contribution >= 4 is 29.2 Å². The lowest BCUT2D eigenvalue weighted by Crippen LogP contribution is -2.79. The summed E-state index contributed by atoms with van der Waals surface area (Å²) in [6, 6.07) is 4.85. The molecular weight excluding hydrogens is 324 g/mol. The van der Waals surface area contributed by atoms with Crippen molar-refractivity contribution in [3.8, 4) is 11.5 Å². The van der Waals surface area contributed by atoms with E-state index in [2.05, 4.69) is 9.98 Å². The van der Waals surface area contributed by atoms with Crippen molar-refractivity contribution in [2.24, 2.45) is 10.9 Å². The van der Waals surface area contributed by atoms with Gasteiger partial charge in [0.05, 0.1) is 33.2 Å². The van der Waals surface area contributed by atoms with Crippen LogP contribution in [-0.2, 0) is 4.79 Å². The molecule has 0 spiro atoms. The Morgan fingerprint density at radius 1 is 1.12 bits per heavy atom. The SMILES string of the molecule is COc1ccc(OC)c(N=C2C=C[NH+]=C3C2C(=O)N(C)C(=O)N3C)c1. The number of ether oxygens (including phenoxy) is 2. The first kappa shape index (κ1) is 16.7. The van der Waals surface area contributed by atoms with Crippen molar-refractivity contribution in [2.45, 2.75) is 0 Å². The standard InChI is InChI=1S/C17H18N4O4/c1-20-15-14(16(22)21(2)17(20)23)11(7-8-18-15)19-12-9-10(24-3)5-6-13(12)25-4/h5-9,14H,1-4H3/p+1. The Labute approximate surface area is 145 Å². The van der Waals surface area contributed by atoms with Crippen molar-refractivity contribution in [2.75, 3.05) is 28.3 Å². The molecule has 130 valence electrons. The van der Waals surface area contributed by atoms with Crippen LogP contribution in [0.25, 0.3) is 0 Å². The summed E-state index contributed by atoms with van der Waals surface area (Å²) in [5.41, 5.74) is 1.05. The summed E-state index contributed by atoms with van der Waals surface area (Å²) in [6.07, 6.45) is 3.36. The van der Waals surface area contributed by atoms with Gasteiger partial charge in [0.1, 0.15) is 17.2 Å². The molecule has 0 radical (unpaired) electrons. The minimum atomic E-state index is -0.686. The highest BCUT2D eigenvalue weighted by Crippen LogP contribution is 2.33. The molecule has 0 bridgehead atoms. The molecule has 1 aromatic carbocycles. The summed E-state index contributed by atoms with van der Waals surface area (Å²) in [5, 5.41) is 0. The number of imide groups is 1. The second-order valence-corrected chi connectivity index (χ2v) is 5.61. The van der Waals surface area contributed by atoms with E-state index in [1.165, 1.54) is 11.9 Å². The third-order valence-corrected chi connectivity index (χ3v) is 4.20. The van der Waals surface area contributed by atoms with Gasteiger partial charge in [-0.2, -0.15) is 4.90 Å². The Hall–Kier alpha value is -3.16. The third-order valence-electron chi connectivity index (χ3n) is 4.20. The largest absolute Gasteiger partial charge is 0.497 e. The van der Waals surface area contributed by atoms with Gasteiger partial charge in [0.2, 0.25) is 0 Å². The van der Waals surface area contributed by atoms with Crippen LogP contribution in [0.1, 0.15) is 0 Å². The molecule has 1 aromatic rings. The Morgan fingerprint density at radius 3 is 2.56 bits per heavy atom. The van der Waals surface area contributed by atoms with E-state index in [-0.39, 0.29) is 5.91 Å². The molecule has 1 saturated heterocycles. The highest BCUT2D eigenvalue weighted by molar-refractivity contribution is 6.30. The molecule has 0 aromatic heterocycles. The van der Waals surface area contributed by atoms with Crippen molar-refractivity contribution in [3.05, 3.63) is 30.5 Å². The highest BCUT2D eigenvalue weighted by Gasteiger charge is 2.49. The van der Waals surface area contributed by atoms with Crippen LogP contribution < -0.4 is 14.5 Å². The maximum atomic E-state index is 12.6. The molecule has 0 saturated carbocycles. The van der Waals surface area contributed by atoms with E-state index in [4.69, 9.17) is 9.47 Å². The van der Waals surface area contributed by atoms with E-state index in [0.717, 1.165) is 4.90 Å². The summed E-state index contributed by atoms with van der Waals surface area (Å²) in [6.45, 7) is 0. The van der Waals surface area contributed by atoms with Crippen LogP contribution in [0.15, 0.2) is 35.5 Å². The van der Waals surface area contributed by atoms with Gasteiger partial charge in [-0.1, -0.05) is 0 Å². The Morgan fingerprint density at radius 2 is 1.88 bits per heavy atom. The minimum Gasteiger partial charge on any atom is -0.497 e. The maximum Gasteiger partial charge on any atom is 0.417 e. The monoisotopic (exact) mass is 343 g/mol. The van der Waals surface area contributed by atoms with Crippen molar-refractivity contribution in [3.63, 3.8) is 0 Å². The zero-order chi connectivity index (χ0) is 18.1. The Bertz CT molecular complexity index is 828. The first-order chi connectivity index (χ1) is 12.0. The number of carbonyl (C=O) groups excluding carboxylic acids is 2. The molecule has 8 nitrogen and oxygen atoms in total. The first-order valence-corrected chi connectivity index (χ1v) is 7.63.